The molecular weight excluding hydrogens is 439 g/mol. The smallest absolute Gasteiger partial charge is 0.338 e. The number of nitrogens with zero attached hydrogens (tertiary/aromatic N) is 6. The quantitative estimate of drug-likeness (QED) is 0.516. The molecule has 3 aromatic rings. The first-order chi connectivity index (χ1) is 16.5. The molecule has 0 N–H and O–H groups in total. The molecule has 2 aliphatic heterocycles. The Hall–Kier alpha value is -3.66. The van der Waals surface area contributed by atoms with Crippen LogP contribution >= 0.6 is 0 Å². The third kappa shape index (κ3) is 4.41. The van der Waals surface area contributed by atoms with Crippen molar-refractivity contribution in [3.63, 3.8) is 0 Å². The largest absolute Gasteiger partial charge is 0.457 e. The first kappa shape index (κ1) is 22.1. The van der Waals surface area contributed by atoms with Gasteiger partial charge in [-0.15, -0.1) is 5.10 Å². The summed E-state index contributed by atoms with van der Waals surface area (Å²) in [6.45, 7) is 4.69. The number of halogens is 1. The lowest BCUT2D eigenvalue weighted by Gasteiger charge is -2.35. The molecule has 0 saturated carbocycles. The monoisotopic (exact) mass is 464 g/mol. The number of amides is 1. The van der Waals surface area contributed by atoms with Gasteiger partial charge in [-0.3, -0.25) is 9.69 Å². The molecule has 0 radical (unpaired) electrons. The van der Waals surface area contributed by atoms with Gasteiger partial charge in [0.05, 0.1) is 17.7 Å². The lowest BCUT2D eigenvalue weighted by Crippen LogP contribution is -2.49. The zero-order valence-electron chi connectivity index (χ0n) is 18.9. The number of aromatic nitrogens is 4. The van der Waals surface area contributed by atoms with Crippen molar-refractivity contribution < 1.29 is 18.7 Å². The number of carbonyl (C=O) groups is 2. The number of rotatable bonds is 6. The standard InChI is InChI=1S/C24H25FN6O3/c1-16-19(6-7-20-21(16)14-34-24(20)33)22(25)13-29-8-10-30(11-9-29)23(32)12-17-2-4-18(5-3-17)31-15-26-27-28-31/h2-7,15,22H,8-14H2,1H3. The summed E-state index contributed by atoms with van der Waals surface area (Å²) in [7, 11) is 0. The molecule has 2 aromatic carbocycles. The Labute approximate surface area is 196 Å². The summed E-state index contributed by atoms with van der Waals surface area (Å²) in [6, 6.07) is 10.9. The summed E-state index contributed by atoms with van der Waals surface area (Å²) in [5.74, 6) is -0.282. The number of cyclic esters (lactones) is 1. The molecule has 1 saturated heterocycles. The minimum absolute atomic E-state index is 0.0609. The van der Waals surface area contributed by atoms with Gasteiger partial charge in [0.1, 0.15) is 19.1 Å². The number of alkyl halides is 1. The molecule has 34 heavy (non-hydrogen) atoms. The van der Waals surface area contributed by atoms with E-state index in [-0.39, 0.29) is 25.0 Å². The summed E-state index contributed by atoms with van der Waals surface area (Å²) in [6.07, 6.45) is 0.668. The third-order valence-electron chi connectivity index (χ3n) is 6.59. The Morgan fingerprint density at radius 1 is 1.12 bits per heavy atom. The van der Waals surface area contributed by atoms with Gasteiger partial charge in [0.15, 0.2) is 0 Å². The molecular formula is C24H25FN6O3. The van der Waals surface area contributed by atoms with Crippen LogP contribution in [0.5, 0.6) is 0 Å². The van der Waals surface area contributed by atoms with Gasteiger partial charge in [-0.25, -0.2) is 13.9 Å². The summed E-state index contributed by atoms with van der Waals surface area (Å²) >= 11 is 0. The second-order valence-corrected chi connectivity index (χ2v) is 8.63. The minimum atomic E-state index is -1.16. The number of fused-ring (bicyclic) bond motifs is 1. The van der Waals surface area contributed by atoms with E-state index < -0.39 is 6.17 Å². The Balaban J connectivity index is 1.13. The van der Waals surface area contributed by atoms with Crippen molar-refractivity contribution in [1.82, 2.24) is 30.0 Å². The average molecular weight is 465 g/mol. The fourth-order valence-corrected chi connectivity index (χ4v) is 4.54. The van der Waals surface area contributed by atoms with E-state index in [2.05, 4.69) is 15.5 Å². The van der Waals surface area contributed by atoms with Gasteiger partial charge in [0, 0.05) is 38.3 Å². The van der Waals surface area contributed by atoms with E-state index in [1.807, 2.05) is 41.0 Å². The fourth-order valence-electron chi connectivity index (χ4n) is 4.54. The van der Waals surface area contributed by atoms with Crippen LogP contribution < -0.4 is 0 Å². The SMILES string of the molecule is Cc1c(C(F)CN2CCN(C(=O)Cc3ccc(-n4cnnn4)cc3)CC2)ccc2c1COC2=O. The number of piperazine rings is 1. The zero-order chi connectivity index (χ0) is 23.7. The van der Waals surface area contributed by atoms with Crippen LogP contribution in [0, 0.1) is 6.92 Å². The van der Waals surface area contributed by atoms with Crippen molar-refractivity contribution in [2.75, 3.05) is 32.7 Å². The zero-order valence-corrected chi connectivity index (χ0v) is 18.9. The maximum atomic E-state index is 15.2. The highest BCUT2D eigenvalue weighted by Gasteiger charge is 2.28. The normalized spacial score (nSPS) is 16.9. The van der Waals surface area contributed by atoms with Crippen molar-refractivity contribution in [1.29, 1.82) is 0 Å². The van der Waals surface area contributed by atoms with E-state index in [0.29, 0.717) is 43.7 Å². The van der Waals surface area contributed by atoms with Crippen LogP contribution in [0.15, 0.2) is 42.7 Å². The molecule has 2 aliphatic rings. The molecule has 9 nitrogen and oxygen atoms in total. The van der Waals surface area contributed by atoms with Crippen LogP contribution in [0.2, 0.25) is 0 Å². The van der Waals surface area contributed by atoms with Crippen LogP contribution in [0.1, 0.15) is 38.8 Å². The molecule has 176 valence electrons. The van der Waals surface area contributed by atoms with Crippen LogP contribution in [0.25, 0.3) is 5.69 Å². The predicted molar refractivity (Wildman–Crippen MR) is 120 cm³/mol. The van der Waals surface area contributed by atoms with Crippen molar-refractivity contribution in [2.24, 2.45) is 0 Å². The molecule has 1 amide bonds. The number of esters is 1. The van der Waals surface area contributed by atoms with Crippen LogP contribution in [-0.2, 0) is 22.6 Å². The first-order valence-electron chi connectivity index (χ1n) is 11.3. The van der Waals surface area contributed by atoms with Gasteiger partial charge in [0.25, 0.3) is 0 Å². The van der Waals surface area contributed by atoms with Gasteiger partial charge < -0.3 is 9.64 Å². The number of tetrazole rings is 1. The number of benzene rings is 2. The molecule has 1 atom stereocenters. The average Bonchev–Trinajstić information content (AvgIpc) is 3.51. The van der Waals surface area contributed by atoms with E-state index in [9.17, 15) is 9.59 Å². The van der Waals surface area contributed by atoms with Crippen molar-refractivity contribution in [2.45, 2.75) is 26.1 Å². The third-order valence-corrected chi connectivity index (χ3v) is 6.59. The lowest BCUT2D eigenvalue weighted by atomic mass is 9.95. The molecule has 1 fully saturated rings. The summed E-state index contributed by atoms with van der Waals surface area (Å²) < 4.78 is 21.8. The Morgan fingerprint density at radius 2 is 1.88 bits per heavy atom. The Bertz CT molecular complexity index is 1190. The van der Waals surface area contributed by atoms with E-state index >= 15 is 4.39 Å². The maximum Gasteiger partial charge on any atom is 0.338 e. The molecule has 0 bridgehead atoms. The first-order valence-corrected chi connectivity index (χ1v) is 11.3. The minimum Gasteiger partial charge on any atom is -0.457 e. The van der Waals surface area contributed by atoms with E-state index in [4.69, 9.17) is 4.74 Å². The van der Waals surface area contributed by atoms with Crippen molar-refractivity contribution in [3.05, 3.63) is 70.5 Å². The van der Waals surface area contributed by atoms with Crippen LogP contribution in [-0.4, -0.2) is 74.6 Å². The van der Waals surface area contributed by atoms with E-state index in [1.165, 1.54) is 6.33 Å². The molecule has 1 aromatic heterocycles. The van der Waals surface area contributed by atoms with Gasteiger partial charge in [0.2, 0.25) is 5.91 Å². The summed E-state index contributed by atoms with van der Waals surface area (Å²) in [5, 5.41) is 11.1. The van der Waals surface area contributed by atoms with Gasteiger partial charge in [-0.2, -0.15) is 0 Å². The second kappa shape index (κ2) is 9.30. The highest BCUT2D eigenvalue weighted by molar-refractivity contribution is 5.94. The molecule has 5 rings (SSSR count). The number of carbonyl (C=O) groups excluding carboxylic acids is 2. The molecule has 10 heteroatoms. The molecule has 1 unspecified atom stereocenters. The van der Waals surface area contributed by atoms with Crippen molar-refractivity contribution in [3.8, 4) is 5.69 Å². The number of hydrogen-bond donors (Lipinski definition) is 0. The molecule has 0 aliphatic carbocycles. The topological polar surface area (TPSA) is 93.5 Å². The van der Waals surface area contributed by atoms with E-state index in [0.717, 1.165) is 22.4 Å². The summed E-state index contributed by atoms with van der Waals surface area (Å²) in [5.41, 5.74) is 4.45. The molecule has 3 heterocycles. The van der Waals surface area contributed by atoms with Crippen molar-refractivity contribution >= 4 is 11.9 Å². The van der Waals surface area contributed by atoms with Crippen LogP contribution in [0.4, 0.5) is 4.39 Å². The van der Waals surface area contributed by atoms with Gasteiger partial charge in [-0.05, 0) is 52.2 Å². The van der Waals surface area contributed by atoms with E-state index in [1.54, 1.807) is 16.8 Å². The fraction of sp³-hybridized carbons (Fsp3) is 0.375. The van der Waals surface area contributed by atoms with Crippen LogP contribution in [0.3, 0.4) is 0 Å². The predicted octanol–water partition coefficient (Wildman–Crippen LogP) is 2.04. The molecule has 0 spiro atoms. The Kier molecular flexibility index (Phi) is 6.06. The van der Waals surface area contributed by atoms with Gasteiger partial charge >= 0.3 is 5.97 Å². The Morgan fingerprint density at radius 3 is 2.59 bits per heavy atom. The number of hydrogen-bond acceptors (Lipinski definition) is 7. The van der Waals surface area contributed by atoms with Gasteiger partial charge in [-0.1, -0.05) is 18.2 Å². The highest BCUT2D eigenvalue weighted by atomic mass is 19.1. The summed E-state index contributed by atoms with van der Waals surface area (Å²) in [4.78, 5) is 28.4. The maximum absolute atomic E-state index is 15.2. The number of ether oxygens (including phenoxy) is 1. The lowest BCUT2D eigenvalue weighted by molar-refractivity contribution is -0.132. The second-order valence-electron chi connectivity index (χ2n) is 8.63. The highest BCUT2D eigenvalue weighted by Crippen LogP contribution is 2.31.